The summed E-state index contributed by atoms with van der Waals surface area (Å²) in [5.41, 5.74) is 12.8. The van der Waals surface area contributed by atoms with Gasteiger partial charge in [-0.3, -0.25) is 9.20 Å². The molecule has 0 aliphatic carbocycles. The maximum atomic E-state index is 11.5. The van der Waals surface area contributed by atoms with E-state index in [2.05, 4.69) is 10.2 Å². The second-order valence-electron chi connectivity index (χ2n) is 4.13. The summed E-state index contributed by atoms with van der Waals surface area (Å²) in [4.78, 5) is 12.1. The molecule has 6 nitrogen and oxygen atoms in total. The van der Waals surface area contributed by atoms with Crippen LogP contribution in [0.2, 0.25) is 0 Å². The third-order valence-electron chi connectivity index (χ3n) is 2.75. The first-order chi connectivity index (χ1) is 9.65. The molecule has 0 aliphatic rings. The smallest absolute Gasteiger partial charge is 0.249 e. The van der Waals surface area contributed by atoms with Gasteiger partial charge in [0, 0.05) is 16.8 Å². The molecule has 2 aromatic heterocycles. The van der Waals surface area contributed by atoms with Crippen LogP contribution in [0, 0.1) is 0 Å². The monoisotopic (exact) mass is 285 g/mol. The third-order valence-corrected chi connectivity index (χ3v) is 3.77. The highest BCUT2D eigenvalue weighted by molar-refractivity contribution is 7.99. The number of nitrogen functional groups attached to an aromatic ring is 1. The van der Waals surface area contributed by atoms with E-state index in [1.807, 2.05) is 28.8 Å². The van der Waals surface area contributed by atoms with Crippen LogP contribution < -0.4 is 11.5 Å². The third kappa shape index (κ3) is 2.19. The molecule has 20 heavy (non-hydrogen) atoms. The first-order valence-electron chi connectivity index (χ1n) is 5.82. The van der Waals surface area contributed by atoms with Crippen LogP contribution in [-0.2, 0) is 0 Å². The minimum absolute atomic E-state index is 0.414. The van der Waals surface area contributed by atoms with Gasteiger partial charge in [-0.05, 0) is 42.1 Å². The molecule has 0 saturated carbocycles. The molecule has 2 heterocycles. The largest absolute Gasteiger partial charge is 0.399 e. The first-order valence-corrected chi connectivity index (χ1v) is 6.64. The van der Waals surface area contributed by atoms with Crippen LogP contribution in [-0.4, -0.2) is 20.5 Å². The molecule has 1 aromatic carbocycles. The van der Waals surface area contributed by atoms with Gasteiger partial charge in [-0.1, -0.05) is 6.07 Å². The lowest BCUT2D eigenvalue weighted by molar-refractivity contribution is 0.0997. The summed E-state index contributed by atoms with van der Waals surface area (Å²) in [6, 6.07) is 10.6. The molecule has 0 aliphatic heterocycles. The Labute approximate surface area is 118 Å². The van der Waals surface area contributed by atoms with Gasteiger partial charge in [0.25, 0.3) is 0 Å². The standard InChI is InChI=1S/C13H11N5OS/c14-8-4-5-9(12(15)19)10(7-8)20-13-17-16-11-3-1-2-6-18(11)13/h1-7H,14H2,(H2,15,19). The van der Waals surface area contributed by atoms with Crippen LogP contribution in [0.1, 0.15) is 10.4 Å². The lowest BCUT2D eigenvalue weighted by Gasteiger charge is -2.06. The van der Waals surface area contributed by atoms with Gasteiger partial charge >= 0.3 is 0 Å². The van der Waals surface area contributed by atoms with Gasteiger partial charge in [-0.15, -0.1) is 10.2 Å². The van der Waals surface area contributed by atoms with E-state index in [0.717, 1.165) is 5.65 Å². The van der Waals surface area contributed by atoms with Crippen LogP contribution in [0.25, 0.3) is 5.65 Å². The van der Waals surface area contributed by atoms with Crippen molar-refractivity contribution >= 4 is 29.0 Å². The maximum absolute atomic E-state index is 11.5. The molecule has 7 heteroatoms. The molecule has 3 aromatic rings. The molecule has 0 bridgehead atoms. The number of nitrogens with two attached hydrogens (primary N) is 2. The van der Waals surface area contributed by atoms with Crippen LogP contribution in [0.5, 0.6) is 0 Å². The van der Waals surface area contributed by atoms with Gasteiger partial charge in [0.15, 0.2) is 10.8 Å². The van der Waals surface area contributed by atoms with E-state index >= 15 is 0 Å². The second kappa shape index (κ2) is 4.86. The molecule has 0 atom stereocenters. The van der Waals surface area contributed by atoms with E-state index in [1.165, 1.54) is 11.8 Å². The zero-order valence-corrected chi connectivity index (χ0v) is 11.2. The zero-order valence-electron chi connectivity index (χ0n) is 10.4. The van der Waals surface area contributed by atoms with Gasteiger partial charge in [-0.25, -0.2) is 0 Å². The SMILES string of the molecule is NC(=O)c1ccc(N)cc1Sc1nnc2ccccn12. The molecule has 0 radical (unpaired) electrons. The van der Waals surface area contributed by atoms with E-state index in [-0.39, 0.29) is 0 Å². The molecule has 0 saturated heterocycles. The summed E-state index contributed by atoms with van der Waals surface area (Å²) >= 11 is 1.30. The van der Waals surface area contributed by atoms with Crippen molar-refractivity contribution in [1.82, 2.24) is 14.6 Å². The van der Waals surface area contributed by atoms with Crippen molar-refractivity contribution in [3.63, 3.8) is 0 Å². The van der Waals surface area contributed by atoms with Crippen LogP contribution in [0.15, 0.2) is 52.6 Å². The Kier molecular flexibility index (Phi) is 3.03. The number of benzene rings is 1. The highest BCUT2D eigenvalue weighted by Crippen LogP contribution is 2.30. The molecule has 1 amide bonds. The van der Waals surface area contributed by atoms with Gasteiger partial charge in [0.05, 0.1) is 5.56 Å². The number of rotatable bonds is 3. The summed E-state index contributed by atoms with van der Waals surface area (Å²) < 4.78 is 1.83. The van der Waals surface area contributed by atoms with Crippen LogP contribution >= 0.6 is 11.8 Å². The summed E-state index contributed by atoms with van der Waals surface area (Å²) in [7, 11) is 0. The Morgan fingerprint density at radius 2 is 2.05 bits per heavy atom. The van der Waals surface area contributed by atoms with Crippen molar-refractivity contribution in [1.29, 1.82) is 0 Å². The fraction of sp³-hybridized carbons (Fsp3) is 0. The zero-order chi connectivity index (χ0) is 14.1. The predicted molar refractivity (Wildman–Crippen MR) is 76.5 cm³/mol. The predicted octanol–water partition coefficient (Wildman–Crippen LogP) is 1.56. The second-order valence-corrected chi connectivity index (χ2v) is 5.14. The summed E-state index contributed by atoms with van der Waals surface area (Å²) in [6.45, 7) is 0. The number of carbonyl (C=O) groups excluding carboxylic acids is 1. The number of amides is 1. The van der Waals surface area contributed by atoms with Gasteiger partial charge in [0.1, 0.15) is 0 Å². The van der Waals surface area contributed by atoms with Gasteiger partial charge < -0.3 is 11.5 Å². The number of nitrogens with zero attached hydrogens (tertiary/aromatic N) is 3. The summed E-state index contributed by atoms with van der Waals surface area (Å²) in [5, 5.41) is 8.81. The fourth-order valence-corrected chi connectivity index (χ4v) is 2.82. The highest BCUT2D eigenvalue weighted by atomic mass is 32.2. The Hall–Kier alpha value is -2.54. The average Bonchev–Trinajstić information content (AvgIpc) is 2.82. The number of pyridine rings is 1. The van der Waals surface area contributed by atoms with E-state index in [0.29, 0.717) is 21.3 Å². The molecule has 4 N–H and O–H groups in total. The highest BCUT2D eigenvalue weighted by Gasteiger charge is 2.13. The number of hydrogen-bond acceptors (Lipinski definition) is 5. The first kappa shape index (κ1) is 12.5. The minimum atomic E-state index is -0.499. The van der Waals surface area contributed by atoms with Crippen LogP contribution in [0.4, 0.5) is 5.69 Å². The minimum Gasteiger partial charge on any atom is -0.399 e. The van der Waals surface area contributed by atoms with Gasteiger partial charge in [-0.2, -0.15) is 0 Å². The average molecular weight is 285 g/mol. The van der Waals surface area contributed by atoms with E-state index in [9.17, 15) is 4.79 Å². The molecular formula is C13H11N5OS. The van der Waals surface area contributed by atoms with Crippen molar-refractivity contribution in [2.24, 2.45) is 5.73 Å². The lowest BCUT2D eigenvalue weighted by Crippen LogP contribution is -2.12. The Morgan fingerprint density at radius 1 is 1.20 bits per heavy atom. The van der Waals surface area contributed by atoms with Crippen molar-refractivity contribution in [2.75, 3.05) is 5.73 Å². The molecule has 100 valence electrons. The topological polar surface area (TPSA) is 99.3 Å². The number of aromatic nitrogens is 3. The maximum Gasteiger partial charge on any atom is 0.249 e. The Bertz CT molecular complexity index is 798. The number of carbonyl (C=O) groups is 1. The molecule has 0 unspecified atom stereocenters. The fourth-order valence-electron chi connectivity index (χ4n) is 1.81. The van der Waals surface area contributed by atoms with E-state index < -0.39 is 5.91 Å². The normalized spacial score (nSPS) is 10.8. The van der Waals surface area contributed by atoms with Crippen molar-refractivity contribution in [3.8, 4) is 0 Å². The van der Waals surface area contributed by atoms with E-state index in [1.54, 1.807) is 18.2 Å². The Balaban J connectivity index is 2.07. The quantitative estimate of drug-likeness (QED) is 0.711. The van der Waals surface area contributed by atoms with Crippen molar-refractivity contribution in [3.05, 3.63) is 48.2 Å². The number of anilines is 1. The number of hydrogen-bond donors (Lipinski definition) is 2. The molecule has 3 rings (SSSR count). The number of fused-ring (bicyclic) bond motifs is 1. The molecule has 0 fully saturated rings. The van der Waals surface area contributed by atoms with Crippen LogP contribution in [0.3, 0.4) is 0 Å². The number of primary amides is 1. The van der Waals surface area contributed by atoms with Crippen molar-refractivity contribution < 1.29 is 4.79 Å². The summed E-state index contributed by atoms with van der Waals surface area (Å²) in [6.07, 6.45) is 1.86. The molecular weight excluding hydrogens is 274 g/mol. The van der Waals surface area contributed by atoms with E-state index in [4.69, 9.17) is 11.5 Å². The Morgan fingerprint density at radius 3 is 2.85 bits per heavy atom. The molecule has 0 spiro atoms. The summed E-state index contributed by atoms with van der Waals surface area (Å²) in [5.74, 6) is -0.499. The van der Waals surface area contributed by atoms with Gasteiger partial charge in [0.2, 0.25) is 5.91 Å². The lowest BCUT2D eigenvalue weighted by atomic mass is 10.2. The van der Waals surface area contributed by atoms with Crippen molar-refractivity contribution in [2.45, 2.75) is 10.1 Å².